The molecular formula is C77H138O6. The van der Waals surface area contributed by atoms with Crippen molar-refractivity contribution in [2.75, 3.05) is 13.2 Å². The Morgan fingerprint density at radius 3 is 0.747 bits per heavy atom. The number of carbonyl (C=O) groups excluding carboxylic acids is 3. The highest BCUT2D eigenvalue weighted by Crippen LogP contribution is 2.18. The summed E-state index contributed by atoms with van der Waals surface area (Å²) in [6, 6.07) is 0. The molecule has 6 nitrogen and oxygen atoms in total. The van der Waals surface area contributed by atoms with E-state index < -0.39 is 6.10 Å². The van der Waals surface area contributed by atoms with E-state index in [9.17, 15) is 14.4 Å². The number of carbonyl (C=O) groups is 3. The van der Waals surface area contributed by atoms with E-state index in [1.54, 1.807) is 0 Å². The molecule has 0 fully saturated rings. The summed E-state index contributed by atoms with van der Waals surface area (Å²) in [7, 11) is 0. The van der Waals surface area contributed by atoms with Crippen molar-refractivity contribution in [2.24, 2.45) is 0 Å². The van der Waals surface area contributed by atoms with Gasteiger partial charge in [-0.3, -0.25) is 14.4 Å². The Bertz CT molecular complexity index is 1520. The Kier molecular flexibility index (Phi) is 68.6. The van der Waals surface area contributed by atoms with Crippen LogP contribution in [0, 0.1) is 0 Å². The van der Waals surface area contributed by atoms with E-state index in [1.165, 1.54) is 244 Å². The maximum Gasteiger partial charge on any atom is 0.306 e. The predicted molar refractivity (Wildman–Crippen MR) is 362 cm³/mol. The van der Waals surface area contributed by atoms with E-state index in [0.717, 1.165) is 96.3 Å². The van der Waals surface area contributed by atoms with Crippen LogP contribution in [0.15, 0.2) is 72.9 Å². The number of hydrogen-bond acceptors (Lipinski definition) is 6. The smallest absolute Gasteiger partial charge is 0.306 e. The van der Waals surface area contributed by atoms with Gasteiger partial charge in [0.1, 0.15) is 13.2 Å². The summed E-state index contributed by atoms with van der Waals surface area (Å²) in [4.78, 5) is 38.5. The number of rotatable bonds is 67. The van der Waals surface area contributed by atoms with E-state index in [4.69, 9.17) is 14.2 Å². The lowest BCUT2D eigenvalue weighted by molar-refractivity contribution is -0.167. The van der Waals surface area contributed by atoms with Crippen LogP contribution >= 0.6 is 0 Å². The molecule has 0 aliphatic heterocycles. The molecule has 0 aliphatic rings. The molecule has 0 aromatic carbocycles. The van der Waals surface area contributed by atoms with Crippen LogP contribution < -0.4 is 0 Å². The number of esters is 3. The molecule has 6 heteroatoms. The van der Waals surface area contributed by atoms with Crippen molar-refractivity contribution in [3.63, 3.8) is 0 Å². The molecular weight excluding hydrogens is 1020 g/mol. The largest absolute Gasteiger partial charge is 0.462 e. The van der Waals surface area contributed by atoms with Crippen molar-refractivity contribution in [3.8, 4) is 0 Å². The van der Waals surface area contributed by atoms with E-state index in [0.29, 0.717) is 19.3 Å². The zero-order valence-electron chi connectivity index (χ0n) is 55.5. The van der Waals surface area contributed by atoms with Gasteiger partial charge in [-0.2, -0.15) is 0 Å². The first kappa shape index (κ1) is 79.8. The zero-order valence-corrected chi connectivity index (χ0v) is 55.5. The minimum atomic E-state index is -0.780. The van der Waals surface area contributed by atoms with Crippen molar-refractivity contribution < 1.29 is 28.6 Å². The van der Waals surface area contributed by atoms with Crippen LogP contribution in [0.25, 0.3) is 0 Å². The molecule has 1 atom stereocenters. The second-order valence-corrected chi connectivity index (χ2v) is 24.5. The van der Waals surface area contributed by atoms with Crippen molar-refractivity contribution in [3.05, 3.63) is 72.9 Å². The molecule has 83 heavy (non-hydrogen) atoms. The van der Waals surface area contributed by atoms with Gasteiger partial charge in [-0.25, -0.2) is 0 Å². The van der Waals surface area contributed by atoms with E-state index in [-0.39, 0.29) is 31.1 Å². The van der Waals surface area contributed by atoms with Crippen molar-refractivity contribution in [1.82, 2.24) is 0 Å². The summed E-state index contributed by atoms with van der Waals surface area (Å²) in [6.45, 7) is 6.57. The molecule has 0 saturated carbocycles. The second kappa shape index (κ2) is 71.3. The van der Waals surface area contributed by atoms with Gasteiger partial charge in [0.2, 0.25) is 0 Å². The quantitative estimate of drug-likeness (QED) is 0.0261. The van der Waals surface area contributed by atoms with Gasteiger partial charge in [0, 0.05) is 19.3 Å². The van der Waals surface area contributed by atoms with Crippen molar-refractivity contribution >= 4 is 17.9 Å². The molecule has 0 radical (unpaired) electrons. The number of hydrogen-bond donors (Lipinski definition) is 0. The molecule has 0 spiro atoms. The monoisotopic (exact) mass is 1160 g/mol. The fraction of sp³-hybridized carbons (Fsp3) is 0.805. The summed E-state index contributed by atoms with van der Waals surface area (Å²) in [6.07, 6.45) is 93.6. The maximum atomic E-state index is 13.0. The Hall–Kier alpha value is -3.15. The van der Waals surface area contributed by atoms with E-state index in [1.807, 2.05) is 0 Å². The van der Waals surface area contributed by atoms with Crippen LogP contribution in [0.2, 0.25) is 0 Å². The van der Waals surface area contributed by atoms with Crippen LogP contribution in [0.5, 0.6) is 0 Å². The summed E-state index contributed by atoms with van der Waals surface area (Å²) < 4.78 is 17.0. The van der Waals surface area contributed by atoms with Gasteiger partial charge < -0.3 is 14.2 Å². The summed E-state index contributed by atoms with van der Waals surface area (Å²) in [5.74, 6) is -0.862. The first-order valence-corrected chi connectivity index (χ1v) is 36.4. The fourth-order valence-corrected chi connectivity index (χ4v) is 10.8. The minimum Gasteiger partial charge on any atom is -0.462 e. The van der Waals surface area contributed by atoms with Crippen LogP contribution in [0.3, 0.4) is 0 Å². The highest BCUT2D eigenvalue weighted by Gasteiger charge is 2.19. The van der Waals surface area contributed by atoms with Gasteiger partial charge >= 0.3 is 17.9 Å². The first-order valence-electron chi connectivity index (χ1n) is 36.4. The third-order valence-electron chi connectivity index (χ3n) is 16.2. The molecule has 0 rings (SSSR count). The highest BCUT2D eigenvalue weighted by molar-refractivity contribution is 5.71. The van der Waals surface area contributed by atoms with Crippen molar-refractivity contribution in [1.29, 1.82) is 0 Å². The lowest BCUT2D eigenvalue weighted by Gasteiger charge is -2.18. The van der Waals surface area contributed by atoms with Gasteiger partial charge in [-0.15, -0.1) is 0 Å². The second-order valence-electron chi connectivity index (χ2n) is 24.5. The van der Waals surface area contributed by atoms with Gasteiger partial charge in [0.15, 0.2) is 6.10 Å². The number of ether oxygens (including phenoxy) is 3. The van der Waals surface area contributed by atoms with Crippen LogP contribution in [0.4, 0.5) is 0 Å². The molecule has 482 valence electrons. The summed E-state index contributed by atoms with van der Waals surface area (Å²) >= 11 is 0. The Morgan fingerprint density at radius 2 is 0.470 bits per heavy atom. The lowest BCUT2D eigenvalue weighted by Crippen LogP contribution is -2.30. The van der Waals surface area contributed by atoms with Crippen LogP contribution in [-0.4, -0.2) is 37.2 Å². The fourth-order valence-electron chi connectivity index (χ4n) is 10.8. The maximum absolute atomic E-state index is 13.0. The first-order chi connectivity index (χ1) is 41.0. The lowest BCUT2D eigenvalue weighted by atomic mass is 10.0. The normalized spacial score (nSPS) is 12.5. The SMILES string of the molecule is CC/C=C\C/C=C\C/C=C\C/C=C\C/C=C\CCCCCCCCCCCCCC(=O)OCC(COC(=O)CCCCCCC/C=C\CCCCCCC)OC(=O)CCCCCCCCCCCCCCCCCCCCCCCCCC. The van der Waals surface area contributed by atoms with Gasteiger partial charge in [0.25, 0.3) is 0 Å². The predicted octanol–water partition coefficient (Wildman–Crippen LogP) is 25.2. The molecule has 0 aliphatic carbocycles. The topological polar surface area (TPSA) is 78.9 Å². The number of allylic oxidation sites excluding steroid dienone is 12. The zero-order chi connectivity index (χ0) is 59.9. The average Bonchev–Trinajstić information content (AvgIpc) is 3.50. The molecule has 0 saturated heterocycles. The summed E-state index contributed by atoms with van der Waals surface area (Å²) in [5, 5.41) is 0. The van der Waals surface area contributed by atoms with Crippen molar-refractivity contribution in [2.45, 2.75) is 386 Å². The van der Waals surface area contributed by atoms with Gasteiger partial charge in [-0.1, -0.05) is 344 Å². The molecule has 0 N–H and O–H groups in total. The third kappa shape index (κ3) is 69.5. The highest BCUT2D eigenvalue weighted by atomic mass is 16.6. The minimum absolute atomic E-state index is 0.0754. The summed E-state index contributed by atoms with van der Waals surface area (Å²) in [5.41, 5.74) is 0. The Morgan fingerprint density at radius 1 is 0.253 bits per heavy atom. The Balaban J connectivity index is 4.27. The molecule has 0 aromatic rings. The standard InChI is InChI=1S/C77H138O6/c1-4-7-10-13-16-19-22-25-28-30-32-34-36-38-39-40-42-43-45-47-49-52-55-58-61-64-67-70-76(79)82-73-74(72-81-75(78)69-66-63-60-57-54-51-27-24-21-18-15-12-9-6-3)83-77(80)71-68-65-62-59-56-53-50-48-46-44-41-37-35-33-31-29-26-23-20-17-14-11-8-5-2/h7,10,16,19,24-25,27-28,32,34,38-39,74H,4-6,8-9,11-15,17-18,20-23,26,29-31,33,35-37,40-73H2,1-3H3/b10-7-,19-16-,27-24-,28-25-,34-32-,39-38-. The molecule has 0 aromatic heterocycles. The van der Waals surface area contributed by atoms with E-state index >= 15 is 0 Å². The molecule has 0 amide bonds. The van der Waals surface area contributed by atoms with E-state index in [2.05, 4.69) is 93.7 Å². The van der Waals surface area contributed by atoms with Gasteiger partial charge in [0.05, 0.1) is 0 Å². The van der Waals surface area contributed by atoms with Crippen LogP contribution in [-0.2, 0) is 28.6 Å². The average molecular weight is 1160 g/mol. The molecule has 0 heterocycles. The Labute approximate surface area is 516 Å². The van der Waals surface area contributed by atoms with Gasteiger partial charge in [-0.05, 0) is 89.9 Å². The molecule has 1 unspecified atom stereocenters. The third-order valence-corrected chi connectivity index (χ3v) is 16.2. The van der Waals surface area contributed by atoms with Crippen LogP contribution in [0.1, 0.15) is 380 Å². The number of unbranched alkanes of at least 4 members (excludes halogenated alkanes) is 44. The molecule has 0 bridgehead atoms.